The van der Waals surface area contributed by atoms with Crippen LogP contribution in [0.4, 0.5) is 0 Å². The van der Waals surface area contributed by atoms with Crippen LogP contribution in [0.25, 0.3) is 0 Å². The van der Waals surface area contributed by atoms with Crippen molar-refractivity contribution in [3.05, 3.63) is 30.1 Å². The summed E-state index contributed by atoms with van der Waals surface area (Å²) >= 11 is 0. The third-order valence-corrected chi connectivity index (χ3v) is 3.44. The molecule has 1 aromatic heterocycles. The fourth-order valence-electron chi connectivity index (χ4n) is 2.56. The van der Waals surface area contributed by atoms with E-state index in [4.69, 9.17) is 4.99 Å². The second kappa shape index (κ2) is 5.40. The van der Waals surface area contributed by atoms with Crippen LogP contribution < -0.4 is 5.32 Å². The van der Waals surface area contributed by atoms with E-state index < -0.39 is 0 Å². The van der Waals surface area contributed by atoms with Gasteiger partial charge in [0.05, 0.1) is 30.5 Å². The normalized spacial score (nSPS) is 24.3. The average molecular weight is 242 g/mol. The van der Waals surface area contributed by atoms with Crippen molar-refractivity contribution in [3.63, 3.8) is 0 Å². The van der Waals surface area contributed by atoms with E-state index in [0.717, 1.165) is 43.2 Å². The quantitative estimate of drug-likeness (QED) is 0.853. The molecule has 3 rings (SSSR count). The van der Waals surface area contributed by atoms with E-state index in [1.807, 2.05) is 24.4 Å². The van der Waals surface area contributed by atoms with Crippen LogP contribution in [0.1, 0.15) is 25.0 Å². The SMILES string of the molecule is c1ccc(C2=NCCN=C2C2CCCCN2)nc1. The van der Waals surface area contributed by atoms with Crippen LogP contribution in [-0.4, -0.2) is 42.1 Å². The van der Waals surface area contributed by atoms with E-state index in [2.05, 4.69) is 15.3 Å². The molecule has 0 spiro atoms. The molecule has 1 unspecified atom stereocenters. The predicted octanol–water partition coefficient (Wildman–Crippen LogP) is 1.47. The number of nitrogens with zero attached hydrogens (tertiary/aromatic N) is 3. The highest BCUT2D eigenvalue weighted by Gasteiger charge is 2.25. The first-order valence-electron chi connectivity index (χ1n) is 6.69. The van der Waals surface area contributed by atoms with Crippen LogP contribution in [0.3, 0.4) is 0 Å². The molecule has 3 heterocycles. The van der Waals surface area contributed by atoms with Gasteiger partial charge in [0.2, 0.25) is 0 Å². The van der Waals surface area contributed by atoms with E-state index in [1.54, 1.807) is 0 Å². The molecular weight excluding hydrogens is 224 g/mol. The fraction of sp³-hybridized carbons (Fsp3) is 0.500. The van der Waals surface area contributed by atoms with Crippen molar-refractivity contribution in [1.82, 2.24) is 10.3 Å². The Balaban J connectivity index is 1.88. The van der Waals surface area contributed by atoms with Gasteiger partial charge in [-0.25, -0.2) is 0 Å². The molecule has 2 aliphatic heterocycles. The first-order valence-corrected chi connectivity index (χ1v) is 6.69. The van der Waals surface area contributed by atoms with Crippen LogP contribution in [0, 0.1) is 0 Å². The smallest absolute Gasteiger partial charge is 0.106 e. The van der Waals surface area contributed by atoms with E-state index in [-0.39, 0.29) is 0 Å². The first kappa shape index (κ1) is 11.5. The van der Waals surface area contributed by atoms with Crippen LogP contribution in [0.5, 0.6) is 0 Å². The van der Waals surface area contributed by atoms with Gasteiger partial charge in [0.15, 0.2) is 0 Å². The topological polar surface area (TPSA) is 49.6 Å². The Labute approximate surface area is 107 Å². The molecule has 94 valence electrons. The molecule has 0 bridgehead atoms. The number of rotatable bonds is 2. The lowest BCUT2D eigenvalue weighted by Crippen LogP contribution is -2.45. The molecule has 0 aliphatic carbocycles. The molecule has 1 atom stereocenters. The monoisotopic (exact) mass is 242 g/mol. The highest BCUT2D eigenvalue weighted by Crippen LogP contribution is 2.14. The van der Waals surface area contributed by atoms with Crippen molar-refractivity contribution in [3.8, 4) is 0 Å². The molecular formula is C14H18N4. The molecule has 1 N–H and O–H groups in total. The maximum atomic E-state index is 4.69. The van der Waals surface area contributed by atoms with Gasteiger partial charge in [-0.05, 0) is 31.5 Å². The largest absolute Gasteiger partial charge is 0.309 e. The van der Waals surface area contributed by atoms with Crippen molar-refractivity contribution in [2.45, 2.75) is 25.3 Å². The summed E-state index contributed by atoms with van der Waals surface area (Å²) in [4.78, 5) is 13.7. The minimum Gasteiger partial charge on any atom is -0.309 e. The van der Waals surface area contributed by atoms with E-state index >= 15 is 0 Å². The molecule has 0 amide bonds. The Morgan fingerprint density at radius 2 is 2.06 bits per heavy atom. The molecule has 1 fully saturated rings. The summed E-state index contributed by atoms with van der Waals surface area (Å²) in [6.07, 6.45) is 5.51. The zero-order chi connectivity index (χ0) is 12.2. The molecule has 1 aromatic rings. The molecule has 0 radical (unpaired) electrons. The van der Waals surface area contributed by atoms with Gasteiger partial charge in [-0.3, -0.25) is 15.0 Å². The Hall–Kier alpha value is -1.55. The number of piperidine rings is 1. The number of aliphatic imine (C=N–C) groups is 2. The lowest BCUT2D eigenvalue weighted by molar-refractivity contribution is 0.472. The summed E-state index contributed by atoms with van der Waals surface area (Å²) < 4.78 is 0. The first-order chi connectivity index (χ1) is 8.95. The van der Waals surface area contributed by atoms with E-state index in [0.29, 0.717) is 6.04 Å². The third-order valence-electron chi connectivity index (χ3n) is 3.44. The number of pyridine rings is 1. The maximum Gasteiger partial charge on any atom is 0.106 e. The molecule has 4 heteroatoms. The standard InChI is InChI=1S/C14H18N4/c1-3-7-15-11(5-1)13-14(18-10-9-17-13)12-6-2-4-8-16-12/h1,3,5,7,12,16H,2,4,6,8-10H2. The number of hydrogen-bond donors (Lipinski definition) is 1. The Morgan fingerprint density at radius 1 is 1.11 bits per heavy atom. The van der Waals surface area contributed by atoms with Gasteiger partial charge in [-0.1, -0.05) is 12.5 Å². The maximum absolute atomic E-state index is 4.69. The van der Waals surface area contributed by atoms with Crippen molar-refractivity contribution < 1.29 is 0 Å². The van der Waals surface area contributed by atoms with Gasteiger partial charge in [-0.2, -0.15) is 0 Å². The molecule has 18 heavy (non-hydrogen) atoms. The van der Waals surface area contributed by atoms with Gasteiger partial charge in [0.25, 0.3) is 0 Å². The van der Waals surface area contributed by atoms with Crippen molar-refractivity contribution >= 4 is 11.4 Å². The van der Waals surface area contributed by atoms with Crippen LogP contribution in [0.2, 0.25) is 0 Å². The molecule has 4 nitrogen and oxygen atoms in total. The van der Waals surface area contributed by atoms with Crippen LogP contribution in [-0.2, 0) is 0 Å². The summed E-state index contributed by atoms with van der Waals surface area (Å²) in [5.41, 5.74) is 3.05. The van der Waals surface area contributed by atoms with Gasteiger partial charge in [-0.15, -0.1) is 0 Å². The predicted molar refractivity (Wildman–Crippen MR) is 73.6 cm³/mol. The van der Waals surface area contributed by atoms with Crippen LogP contribution >= 0.6 is 0 Å². The number of aromatic nitrogens is 1. The summed E-state index contributed by atoms with van der Waals surface area (Å²) in [5.74, 6) is 0. The summed E-state index contributed by atoms with van der Waals surface area (Å²) in [5, 5.41) is 3.55. The van der Waals surface area contributed by atoms with Crippen molar-refractivity contribution in [2.24, 2.45) is 9.98 Å². The van der Waals surface area contributed by atoms with Gasteiger partial charge in [0.1, 0.15) is 5.71 Å². The van der Waals surface area contributed by atoms with Crippen molar-refractivity contribution in [1.29, 1.82) is 0 Å². The van der Waals surface area contributed by atoms with E-state index in [1.165, 1.54) is 12.8 Å². The fourth-order valence-corrected chi connectivity index (χ4v) is 2.56. The second-order valence-corrected chi connectivity index (χ2v) is 4.71. The zero-order valence-corrected chi connectivity index (χ0v) is 10.5. The Bertz CT molecular complexity index is 458. The number of hydrogen-bond acceptors (Lipinski definition) is 4. The van der Waals surface area contributed by atoms with Gasteiger partial charge in [0, 0.05) is 6.20 Å². The number of nitrogens with one attached hydrogen (secondary N) is 1. The highest BCUT2D eigenvalue weighted by molar-refractivity contribution is 6.49. The lowest BCUT2D eigenvalue weighted by atomic mass is 9.95. The summed E-state index contributed by atoms with van der Waals surface area (Å²) in [7, 11) is 0. The lowest BCUT2D eigenvalue weighted by Gasteiger charge is -2.27. The van der Waals surface area contributed by atoms with Gasteiger partial charge >= 0.3 is 0 Å². The highest BCUT2D eigenvalue weighted by atomic mass is 15.0. The summed E-state index contributed by atoms with van der Waals surface area (Å²) in [6, 6.07) is 6.32. The minimum atomic E-state index is 0.361. The minimum absolute atomic E-state index is 0.361. The third kappa shape index (κ3) is 2.34. The van der Waals surface area contributed by atoms with Crippen molar-refractivity contribution in [2.75, 3.05) is 19.6 Å². The van der Waals surface area contributed by atoms with Gasteiger partial charge < -0.3 is 5.32 Å². The average Bonchev–Trinajstić information content (AvgIpc) is 2.49. The molecule has 2 aliphatic rings. The Kier molecular flexibility index (Phi) is 3.46. The zero-order valence-electron chi connectivity index (χ0n) is 10.5. The Morgan fingerprint density at radius 3 is 2.83 bits per heavy atom. The van der Waals surface area contributed by atoms with E-state index in [9.17, 15) is 0 Å². The molecule has 1 saturated heterocycles. The molecule has 0 saturated carbocycles. The second-order valence-electron chi connectivity index (χ2n) is 4.71. The summed E-state index contributed by atoms with van der Waals surface area (Å²) in [6.45, 7) is 2.67. The van der Waals surface area contributed by atoms with Crippen LogP contribution in [0.15, 0.2) is 34.4 Å². The molecule has 0 aromatic carbocycles.